The van der Waals surface area contributed by atoms with Gasteiger partial charge in [0.05, 0.1) is 6.10 Å². The highest BCUT2D eigenvalue weighted by Gasteiger charge is 2.41. The Hall–Kier alpha value is 0.907. The van der Waals surface area contributed by atoms with Gasteiger partial charge < -0.3 is 4.43 Å². The monoisotopic (exact) mass is 356 g/mol. The predicted molar refractivity (Wildman–Crippen MR) is 85.0 cm³/mol. The zero-order valence-electron chi connectivity index (χ0n) is 12.3. The Morgan fingerprint density at radius 1 is 1.06 bits per heavy atom. The van der Waals surface area contributed by atoms with E-state index < -0.39 is 8.32 Å². The summed E-state index contributed by atoms with van der Waals surface area (Å²) in [7, 11) is -1.62. The van der Waals surface area contributed by atoms with E-state index in [-0.39, 0.29) is 5.41 Å². The van der Waals surface area contributed by atoms with Crippen LogP contribution in [-0.4, -0.2) is 18.8 Å². The van der Waals surface area contributed by atoms with Crippen LogP contribution < -0.4 is 0 Å². The Labute approximate surface area is 117 Å². The Kier molecular flexibility index (Phi) is 6.02. The van der Waals surface area contributed by atoms with Gasteiger partial charge in [-0.15, -0.1) is 0 Å². The van der Waals surface area contributed by atoms with E-state index in [1.807, 2.05) is 0 Å². The van der Waals surface area contributed by atoms with Crippen molar-refractivity contribution in [2.24, 2.45) is 5.41 Å². The summed E-state index contributed by atoms with van der Waals surface area (Å²) in [5, 5.41) is 0.307. The maximum atomic E-state index is 6.54. The Morgan fingerprint density at radius 3 is 1.75 bits per heavy atom. The lowest BCUT2D eigenvalue weighted by Crippen LogP contribution is -2.47. The molecule has 0 unspecified atom stereocenters. The molecule has 0 fully saturated rings. The second-order valence-corrected chi connectivity index (χ2v) is 13.0. The number of hydrogen-bond acceptors (Lipinski definition) is 1. The van der Waals surface area contributed by atoms with E-state index in [0.29, 0.717) is 11.1 Å². The van der Waals surface area contributed by atoms with Gasteiger partial charge in [0, 0.05) is 4.43 Å². The van der Waals surface area contributed by atoms with Crippen LogP contribution in [0.3, 0.4) is 0 Å². The predicted octanol–water partition coefficient (Wildman–Crippen LogP) is 5.25. The van der Waals surface area contributed by atoms with Gasteiger partial charge >= 0.3 is 0 Å². The number of rotatable bonds is 4. The molecule has 1 nitrogen and oxygen atoms in total. The molecule has 98 valence electrons. The molecule has 0 saturated heterocycles. The van der Waals surface area contributed by atoms with Crippen LogP contribution in [0.5, 0.6) is 0 Å². The summed E-state index contributed by atoms with van der Waals surface area (Å²) in [5.41, 5.74) is 0.251. The summed E-state index contributed by atoms with van der Waals surface area (Å²) in [6.07, 6.45) is 1.56. The van der Waals surface area contributed by atoms with Crippen LogP contribution >= 0.6 is 22.6 Å². The first kappa shape index (κ1) is 16.9. The van der Waals surface area contributed by atoms with Gasteiger partial charge in [-0.1, -0.05) is 64.1 Å². The van der Waals surface area contributed by atoms with Crippen LogP contribution in [0.4, 0.5) is 0 Å². The molecule has 3 heteroatoms. The second-order valence-electron chi connectivity index (χ2n) is 7.21. The van der Waals surface area contributed by atoms with E-state index in [0.717, 1.165) is 6.42 Å². The van der Waals surface area contributed by atoms with E-state index in [9.17, 15) is 0 Å². The molecule has 0 heterocycles. The van der Waals surface area contributed by atoms with Gasteiger partial charge in [-0.2, -0.15) is 0 Å². The molecule has 0 spiro atoms. The summed E-state index contributed by atoms with van der Waals surface area (Å²) < 4.78 is 7.72. The largest absolute Gasteiger partial charge is 0.413 e. The third-order valence-corrected chi connectivity index (χ3v) is 8.69. The van der Waals surface area contributed by atoms with Crippen LogP contribution in [-0.2, 0) is 4.43 Å². The van der Waals surface area contributed by atoms with Crippen molar-refractivity contribution in [3.63, 3.8) is 0 Å². The number of halogens is 1. The van der Waals surface area contributed by atoms with Crippen molar-refractivity contribution >= 4 is 30.9 Å². The van der Waals surface area contributed by atoms with Crippen LogP contribution in [0.25, 0.3) is 0 Å². The first-order valence-corrected chi connectivity index (χ1v) is 10.6. The van der Waals surface area contributed by atoms with Crippen molar-refractivity contribution in [2.45, 2.75) is 72.2 Å². The van der Waals surface area contributed by atoms with E-state index in [1.54, 1.807) is 0 Å². The van der Waals surface area contributed by atoms with E-state index >= 15 is 0 Å². The molecule has 0 aliphatic heterocycles. The second kappa shape index (κ2) is 5.70. The Bertz CT molecular complexity index is 213. The third kappa shape index (κ3) is 5.04. The smallest absolute Gasteiger partial charge is 0.192 e. The lowest BCUT2D eigenvalue weighted by Gasteiger charge is -2.43. The van der Waals surface area contributed by atoms with Gasteiger partial charge in [0.1, 0.15) is 0 Å². The molecule has 16 heavy (non-hydrogen) atoms. The molecule has 0 aromatic rings. The van der Waals surface area contributed by atoms with Crippen LogP contribution in [0.2, 0.25) is 18.1 Å². The van der Waals surface area contributed by atoms with Gasteiger partial charge in [0.15, 0.2) is 8.32 Å². The molecule has 0 aromatic heterocycles. The van der Waals surface area contributed by atoms with E-state index in [4.69, 9.17) is 4.43 Å². The van der Waals surface area contributed by atoms with Gasteiger partial charge in [0.25, 0.3) is 0 Å². The molecule has 0 rings (SSSR count). The molecular weight excluding hydrogens is 327 g/mol. The maximum Gasteiger partial charge on any atom is 0.192 e. The fourth-order valence-corrected chi connectivity index (χ4v) is 3.40. The van der Waals surface area contributed by atoms with Crippen molar-refractivity contribution in [1.82, 2.24) is 0 Å². The van der Waals surface area contributed by atoms with Crippen molar-refractivity contribution in [2.75, 3.05) is 4.43 Å². The SMILES string of the molecule is CC(C)(C)[C@H](CCI)O[Si](C)(C)C(C)(C)C. The minimum absolute atomic E-state index is 0.251. The highest BCUT2D eigenvalue weighted by molar-refractivity contribution is 14.1. The summed E-state index contributed by atoms with van der Waals surface area (Å²) >= 11 is 2.45. The fourth-order valence-electron chi connectivity index (χ4n) is 1.30. The fraction of sp³-hybridized carbons (Fsp3) is 1.00. The quantitative estimate of drug-likeness (QED) is 0.380. The summed E-state index contributed by atoms with van der Waals surface area (Å²) in [5.74, 6) is 0. The van der Waals surface area contributed by atoms with Crippen LogP contribution in [0.1, 0.15) is 48.0 Å². The lowest BCUT2D eigenvalue weighted by molar-refractivity contribution is 0.0713. The highest BCUT2D eigenvalue weighted by atomic mass is 127. The topological polar surface area (TPSA) is 9.23 Å². The van der Waals surface area contributed by atoms with Crippen molar-refractivity contribution < 1.29 is 4.43 Å². The molecule has 0 radical (unpaired) electrons. The average Bonchev–Trinajstić information content (AvgIpc) is 1.99. The number of alkyl halides is 1. The van der Waals surface area contributed by atoms with Gasteiger partial charge in [-0.25, -0.2) is 0 Å². The molecule has 0 saturated carbocycles. The average molecular weight is 356 g/mol. The zero-order valence-corrected chi connectivity index (χ0v) is 15.4. The maximum absolute atomic E-state index is 6.54. The molecule has 0 aromatic carbocycles. The minimum Gasteiger partial charge on any atom is -0.413 e. The third-order valence-electron chi connectivity index (χ3n) is 3.58. The normalized spacial score (nSPS) is 16.3. The Balaban J connectivity index is 4.76. The molecule has 0 N–H and O–H groups in total. The standard InChI is InChI=1S/C13H29IOSi/c1-12(2,3)11(9-10-14)15-16(7,8)13(4,5)6/h11H,9-10H2,1-8H3/t11-/m0/s1. The molecule has 0 amide bonds. The van der Waals surface area contributed by atoms with Gasteiger partial charge in [-0.05, 0) is 30.0 Å². The molecule has 1 atom stereocenters. The summed E-state index contributed by atoms with van der Waals surface area (Å²) in [4.78, 5) is 0. The van der Waals surface area contributed by atoms with Crippen molar-refractivity contribution in [1.29, 1.82) is 0 Å². The van der Waals surface area contributed by atoms with Crippen molar-refractivity contribution in [3.05, 3.63) is 0 Å². The lowest BCUT2D eigenvalue weighted by atomic mass is 9.88. The summed E-state index contributed by atoms with van der Waals surface area (Å²) in [6, 6.07) is 0. The summed E-state index contributed by atoms with van der Waals surface area (Å²) in [6.45, 7) is 18.5. The Morgan fingerprint density at radius 2 is 1.50 bits per heavy atom. The molecule has 0 aliphatic rings. The molecular formula is C13H29IOSi. The van der Waals surface area contributed by atoms with Crippen LogP contribution in [0.15, 0.2) is 0 Å². The van der Waals surface area contributed by atoms with Crippen LogP contribution in [0, 0.1) is 5.41 Å². The molecule has 0 aliphatic carbocycles. The first-order valence-electron chi connectivity index (χ1n) is 6.15. The van der Waals surface area contributed by atoms with E-state index in [1.165, 1.54) is 4.43 Å². The van der Waals surface area contributed by atoms with Gasteiger partial charge in [0.2, 0.25) is 0 Å². The number of hydrogen-bond donors (Lipinski definition) is 0. The highest BCUT2D eigenvalue weighted by Crippen LogP contribution is 2.40. The molecule has 0 bridgehead atoms. The first-order chi connectivity index (χ1) is 6.92. The van der Waals surface area contributed by atoms with E-state index in [2.05, 4.69) is 77.2 Å². The zero-order chi connectivity index (χ0) is 13.2. The minimum atomic E-state index is -1.62. The van der Waals surface area contributed by atoms with Gasteiger partial charge in [-0.3, -0.25) is 0 Å². The van der Waals surface area contributed by atoms with Crippen molar-refractivity contribution in [3.8, 4) is 0 Å².